The van der Waals surface area contributed by atoms with Gasteiger partial charge in [-0.2, -0.15) is 16.8 Å². The average molecular weight is 747 g/mol. The fourth-order valence-corrected chi connectivity index (χ4v) is 8.86. The summed E-state index contributed by atoms with van der Waals surface area (Å²) in [6.07, 6.45) is 4.18. The maximum absolute atomic E-state index is 12.6. The summed E-state index contributed by atoms with van der Waals surface area (Å²) in [5.74, 6) is -1.49. The molecule has 0 saturated heterocycles. The van der Waals surface area contributed by atoms with Gasteiger partial charge in [-0.1, -0.05) is 24.3 Å². The first-order chi connectivity index (χ1) is 21.1. The van der Waals surface area contributed by atoms with E-state index < -0.39 is 61.5 Å². The van der Waals surface area contributed by atoms with Gasteiger partial charge in [0.15, 0.2) is 19.7 Å². The Balaban J connectivity index is 1.62. The number of hydrogen-bond donors (Lipinski definition) is 4. The second-order valence-corrected chi connectivity index (χ2v) is 18.9. The Hall–Kier alpha value is -3.76. The molecule has 0 spiro atoms. The van der Waals surface area contributed by atoms with E-state index >= 15 is 0 Å². The molecule has 4 rings (SSSR count). The van der Waals surface area contributed by atoms with Crippen molar-refractivity contribution in [1.29, 1.82) is 0 Å². The van der Waals surface area contributed by atoms with E-state index in [1.165, 1.54) is 48.5 Å². The first-order valence-corrected chi connectivity index (χ1v) is 20.6. The van der Waals surface area contributed by atoms with Gasteiger partial charge < -0.3 is 10.6 Å². The number of sulfone groups is 2. The van der Waals surface area contributed by atoms with Crippen LogP contribution in [0.3, 0.4) is 0 Å². The molecule has 244 valence electrons. The minimum Gasteiger partial charge on any atom is -0.321 e. The molecule has 0 unspecified atom stereocenters. The minimum absolute atomic E-state index is 0.0178. The van der Waals surface area contributed by atoms with Crippen molar-refractivity contribution in [3.63, 3.8) is 0 Å². The monoisotopic (exact) mass is 746 g/mol. The van der Waals surface area contributed by atoms with Crippen molar-refractivity contribution < 1.29 is 52.4 Å². The highest BCUT2D eigenvalue weighted by molar-refractivity contribution is 7.93. The van der Waals surface area contributed by atoms with Crippen LogP contribution in [0.4, 0.5) is 11.4 Å². The van der Waals surface area contributed by atoms with E-state index in [2.05, 4.69) is 10.6 Å². The summed E-state index contributed by atoms with van der Waals surface area (Å²) in [4.78, 5) is 23.9. The van der Waals surface area contributed by atoms with Crippen LogP contribution in [0.5, 0.6) is 0 Å². The smallest absolute Gasteiger partial charge is 0.295 e. The van der Waals surface area contributed by atoms with Gasteiger partial charge in [0, 0.05) is 23.9 Å². The third-order valence-electron chi connectivity index (χ3n) is 5.88. The summed E-state index contributed by atoms with van der Waals surface area (Å²) >= 11 is 1.40. The van der Waals surface area contributed by atoms with Crippen molar-refractivity contribution in [3.05, 3.63) is 81.5 Å². The van der Waals surface area contributed by atoms with Crippen LogP contribution in [0.15, 0.2) is 78.9 Å². The zero-order valence-corrected chi connectivity index (χ0v) is 28.3. The van der Waals surface area contributed by atoms with Crippen LogP contribution in [-0.2, 0) is 39.9 Å². The molecule has 0 aliphatic heterocycles. The van der Waals surface area contributed by atoms with E-state index in [0.29, 0.717) is 22.7 Å². The Labute approximate surface area is 271 Å². The van der Waals surface area contributed by atoms with Crippen LogP contribution in [0.25, 0.3) is 12.2 Å². The first kappa shape index (κ1) is 35.1. The summed E-state index contributed by atoms with van der Waals surface area (Å²) in [5, 5.41) is 4.82. The zero-order chi connectivity index (χ0) is 34.2. The molecule has 2 heterocycles. The Morgan fingerprint density at radius 3 is 1.22 bits per heavy atom. The van der Waals surface area contributed by atoms with E-state index in [1.807, 2.05) is 0 Å². The number of anilines is 2. The predicted octanol–water partition coefficient (Wildman–Crippen LogP) is 3.79. The minimum atomic E-state index is -4.90. The van der Waals surface area contributed by atoms with E-state index in [-0.39, 0.29) is 40.7 Å². The van der Waals surface area contributed by atoms with Gasteiger partial charge in [-0.3, -0.25) is 18.7 Å². The predicted molar refractivity (Wildman–Crippen MR) is 172 cm³/mol. The second kappa shape index (κ2) is 12.8. The highest BCUT2D eigenvalue weighted by Gasteiger charge is 2.21. The van der Waals surface area contributed by atoms with Gasteiger partial charge in [0.1, 0.15) is 18.2 Å². The zero-order valence-electron chi connectivity index (χ0n) is 23.4. The van der Waals surface area contributed by atoms with Crippen LogP contribution in [0, 0.1) is 0 Å². The highest BCUT2D eigenvalue weighted by Crippen LogP contribution is 2.28. The summed E-state index contributed by atoms with van der Waals surface area (Å²) < 4.78 is 115. The SMILES string of the molecule is CS(=O)(=O)c1ccc(C(=O)Nc2ccc(/C=C/c3ccc(NC(=O)c4ccc(S(C)(=O)=O)s4)cc3S(=O)(=O)O)c(S(=O)(=O)O)c2)s1. The number of carbonyl (C=O) groups is 2. The average Bonchev–Trinajstić information content (AvgIpc) is 3.62. The molecule has 4 aromatic rings. The Bertz CT molecular complexity index is 2190. The lowest BCUT2D eigenvalue weighted by Gasteiger charge is -2.10. The van der Waals surface area contributed by atoms with Gasteiger partial charge in [0.05, 0.1) is 9.75 Å². The molecule has 46 heavy (non-hydrogen) atoms. The fraction of sp³-hybridized carbons (Fsp3) is 0.0769. The summed E-state index contributed by atoms with van der Waals surface area (Å²) in [7, 11) is -16.9. The molecule has 0 saturated carbocycles. The van der Waals surface area contributed by atoms with Crippen LogP contribution >= 0.6 is 22.7 Å². The van der Waals surface area contributed by atoms with Gasteiger partial charge in [-0.15, -0.1) is 22.7 Å². The molecule has 14 nitrogen and oxygen atoms in total. The quantitative estimate of drug-likeness (QED) is 0.134. The molecule has 20 heteroatoms. The second-order valence-electron chi connectivity index (χ2n) is 9.48. The number of hydrogen-bond acceptors (Lipinski definition) is 12. The highest BCUT2D eigenvalue weighted by atomic mass is 32.2. The van der Waals surface area contributed by atoms with E-state index in [9.17, 15) is 52.4 Å². The number of amides is 2. The molecule has 0 bridgehead atoms. The fourth-order valence-electron chi connectivity index (χ4n) is 3.79. The van der Waals surface area contributed by atoms with Crippen molar-refractivity contribution in [2.75, 3.05) is 23.1 Å². The number of benzene rings is 2. The van der Waals surface area contributed by atoms with Crippen molar-refractivity contribution in [1.82, 2.24) is 0 Å². The molecule has 0 fully saturated rings. The van der Waals surface area contributed by atoms with Crippen molar-refractivity contribution in [2.45, 2.75) is 18.2 Å². The summed E-state index contributed by atoms with van der Waals surface area (Å²) in [6, 6.07) is 11.8. The molecule has 2 aromatic carbocycles. The Kier molecular flexibility index (Phi) is 9.76. The molecular formula is C26H22N2O12S6. The normalized spacial score (nSPS) is 12.7. The van der Waals surface area contributed by atoms with E-state index in [0.717, 1.165) is 36.8 Å². The lowest BCUT2D eigenvalue weighted by molar-refractivity contribution is 0.102. The van der Waals surface area contributed by atoms with Crippen LogP contribution < -0.4 is 10.6 Å². The molecule has 4 N–H and O–H groups in total. The molecule has 2 aromatic heterocycles. The van der Waals surface area contributed by atoms with E-state index in [4.69, 9.17) is 0 Å². The maximum Gasteiger partial charge on any atom is 0.295 e. The molecule has 2 amide bonds. The molecule has 0 aliphatic rings. The van der Waals surface area contributed by atoms with Gasteiger partial charge in [-0.05, 0) is 59.7 Å². The number of thiophene rings is 2. The van der Waals surface area contributed by atoms with Crippen LogP contribution in [-0.4, -0.2) is 67.1 Å². The third kappa shape index (κ3) is 8.53. The molecule has 0 aliphatic carbocycles. The van der Waals surface area contributed by atoms with Gasteiger partial charge in [-0.25, -0.2) is 16.8 Å². The number of carbonyl (C=O) groups excluding carboxylic acids is 2. The summed E-state index contributed by atoms with van der Waals surface area (Å²) in [5.41, 5.74) is -0.433. The van der Waals surface area contributed by atoms with Gasteiger partial charge >= 0.3 is 0 Å². The van der Waals surface area contributed by atoms with Crippen LogP contribution in [0.1, 0.15) is 30.5 Å². The molecular weight excluding hydrogens is 725 g/mol. The maximum atomic E-state index is 12.6. The number of rotatable bonds is 10. The number of nitrogens with one attached hydrogen (secondary N) is 2. The van der Waals surface area contributed by atoms with Crippen molar-refractivity contribution in [2.24, 2.45) is 0 Å². The van der Waals surface area contributed by atoms with Gasteiger partial charge in [0.2, 0.25) is 0 Å². The Morgan fingerprint density at radius 1 is 0.587 bits per heavy atom. The molecule has 0 radical (unpaired) electrons. The standard InChI is InChI=1S/C26H22N2O12S6/c1-43(31,32)23-11-9-19(41-23)25(29)27-17-7-5-15(21(13-17)45(35,36)37)3-4-16-6-8-18(14-22(16)46(38,39)40)28-26(30)20-10-12-24(42-20)44(2,33)34/h3-14H,1-2H3,(H,27,29)(H,28,30)(H,35,36,37)(H,38,39,40)/b4-3+. The Morgan fingerprint density at radius 2 is 0.935 bits per heavy atom. The van der Waals surface area contributed by atoms with Crippen LogP contribution in [0.2, 0.25) is 0 Å². The topological polar surface area (TPSA) is 235 Å². The lowest BCUT2D eigenvalue weighted by atomic mass is 10.1. The van der Waals surface area contributed by atoms with Gasteiger partial charge in [0.25, 0.3) is 32.1 Å². The lowest BCUT2D eigenvalue weighted by Crippen LogP contribution is -2.11. The largest absolute Gasteiger partial charge is 0.321 e. The third-order valence-corrected chi connectivity index (χ3v) is 13.5. The van der Waals surface area contributed by atoms with E-state index in [1.54, 1.807) is 0 Å². The molecule has 0 atom stereocenters. The van der Waals surface area contributed by atoms with Crippen molar-refractivity contribution in [3.8, 4) is 0 Å². The summed E-state index contributed by atoms with van der Waals surface area (Å²) in [6.45, 7) is 0. The van der Waals surface area contributed by atoms with Crippen molar-refractivity contribution >= 4 is 97.9 Å². The first-order valence-electron chi connectivity index (χ1n) is 12.3.